The molecule has 1 unspecified atom stereocenters. The molecular weight excluding hydrogens is 280 g/mol. The van der Waals surface area contributed by atoms with Crippen molar-refractivity contribution < 1.29 is 14.7 Å². The Kier molecular flexibility index (Phi) is 4.52. The summed E-state index contributed by atoms with van der Waals surface area (Å²) in [4.78, 5) is 28.9. The van der Waals surface area contributed by atoms with E-state index in [1.807, 2.05) is 17.1 Å². The number of amides is 1. The fourth-order valence-electron chi connectivity index (χ4n) is 4.15. The summed E-state index contributed by atoms with van der Waals surface area (Å²) in [6.07, 6.45) is 10.0. The van der Waals surface area contributed by atoms with Crippen LogP contribution in [0.5, 0.6) is 0 Å². The maximum atomic E-state index is 12.8. The Bertz CT molecular complexity index is 461. The summed E-state index contributed by atoms with van der Waals surface area (Å²) in [5.74, 6) is -1.14. The van der Waals surface area contributed by atoms with Crippen molar-refractivity contribution in [3.63, 3.8) is 0 Å². The molecule has 0 radical (unpaired) electrons. The molecule has 0 aromatic heterocycles. The van der Waals surface area contributed by atoms with Crippen LogP contribution in [-0.2, 0) is 9.59 Å². The molecule has 1 aliphatic carbocycles. The lowest BCUT2D eigenvalue weighted by Gasteiger charge is -2.31. The molecule has 1 amide bonds. The monoisotopic (exact) mass is 306 g/mol. The second kappa shape index (κ2) is 6.41. The number of carbonyl (C=O) groups excluding carboxylic acids is 1. The first-order valence-corrected chi connectivity index (χ1v) is 8.55. The molecule has 1 atom stereocenters. The van der Waals surface area contributed by atoms with E-state index < -0.39 is 11.4 Å². The quantitative estimate of drug-likeness (QED) is 0.639. The highest BCUT2D eigenvalue weighted by Gasteiger charge is 2.48. The van der Waals surface area contributed by atoms with Crippen molar-refractivity contribution in [1.82, 2.24) is 9.80 Å². The number of hydrogen-bond donors (Lipinski definition) is 1. The third-order valence-corrected chi connectivity index (χ3v) is 5.56. The van der Waals surface area contributed by atoms with Crippen molar-refractivity contribution in [3.05, 3.63) is 12.2 Å². The van der Waals surface area contributed by atoms with Gasteiger partial charge >= 0.3 is 5.97 Å². The SMILES string of the molecule is O=C(O)C1(C(=O)N2CCCC(N3CCCC3)CC2)CC=CC1. The Hall–Kier alpha value is -1.36. The average Bonchev–Trinajstić information content (AvgIpc) is 3.15. The van der Waals surface area contributed by atoms with E-state index in [9.17, 15) is 14.7 Å². The number of aliphatic carboxylic acids is 1. The van der Waals surface area contributed by atoms with Crippen LogP contribution in [0.25, 0.3) is 0 Å². The van der Waals surface area contributed by atoms with Gasteiger partial charge in [0.25, 0.3) is 0 Å². The summed E-state index contributed by atoms with van der Waals surface area (Å²) in [5.41, 5.74) is -1.23. The molecule has 0 spiro atoms. The molecule has 22 heavy (non-hydrogen) atoms. The third-order valence-electron chi connectivity index (χ3n) is 5.56. The van der Waals surface area contributed by atoms with Crippen LogP contribution in [-0.4, -0.2) is 59.0 Å². The van der Waals surface area contributed by atoms with Crippen LogP contribution in [0.4, 0.5) is 0 Å². The molecule has 2 saturated heterocycles. The van der Waals surface area contributed by atoms with Gasteiger partial charge in [0.1, 0.15) is 0 Å². The van der Waals surface area contributed by atoms with Crippen molar-refractivity contribution in [3.8, 4) is 0 Å². The predicted octanol–water partition coefficient (Wildman–Crippen LogP) is 1.88. The van der Waals surface area contributed by atoms with Crippen molar-refractivity contribution in [1.29, 1.82) is 0 Å². The molecule has 5 heteroatoms. The van der Waals surface area contributed by atoms with E-state index in [0.717, 1.165) is 19.3 Å². The lowest BCUT2D eigenvalue weighted by atomic mass is 9.83. The molecule has 5 nitrogen and oxygen atoms in total. The molecule has 2 heterocycles. The Morgan fingerprint density at radius 3 is 2.27 bits per heavy atom. The van der Waals surface area contributed by atoms with Crippen LogP contribution in [0, 0.1) is 5.41 Å². The second-order valence-electron chi connectivity index (χ2n) is 6.89. The smallest absolute Gasteiger partial charge is 0.319 e. The van der Waals surface area contributed by atoms with Crippen molar-refractivity contribution >= 4 is 11.9 Å². The lowest BCUT2D eigenvalue weighted by molar-refractivity contribution is -0.160. The first-order chi connectivity index (χ1) is 10.6. The number of allylic oxidation sites excluding steroid dienone is 2. The fourth-order valence-corrected chi connectivity index (χ4v) is 4.15. The number of carbonyl (C=O) groups is 2. The van der Waals surface area contributed by atoms with Crippen LogP contribution in [0.3, 0.4) is 0 Å². The van der Waals surface area contributed by atoms with E-state index in [4.69, 9.17) is 0 Å². The lowest BCUT2D eigenvalue weighted by Crippen LogP contribution is -2.48. The summed E-state index contributed by atoms with van der Waals surface area (Å²) in [7, 11) is 0. The Labute approximate surface area is 132 Å². The summed E-state index contributed by atoms with van der Waals surface area (Å²) >= 11 is 0. The molecular formula is C17H26N2O3. The zero-order chi connectivity index (χ0) is 15.6. The minimum Gasteiger partial charge on any atom is -0.480 e. The number of rotatable bonds is 3. The first kappa shape index (κ1) is 15.5. The maximum absolute atomic E-state index is 12.8. The summed E-state index contributed by atoms with van der Waals surface area (Å²) in [6.45, 7) is 3.77. The Morgan fingerprint density at radius 2 is 1.64 bits per heavy atom. The molecule has 0 bridgehead atoms. The molecule has 2 aliphatic heterocycles. The normalized spacial score (nSPS) is 28.7. The summed E-state index contributed by atoms with van der Waals surface area (Å²) in [6, 6.07) is 0.572. The van der Waals surface area contributed by atoms with Gasteiger partial charge in [-0.1, -0.05) is 12.2 Å². The van der Waals surface area contributed by atoms with Gasteiger partial charge in [0.2, 0.25) is 5.91 Å². The van der Waals surface area contributed by atoms with Crippen molar-refractivity contribution in [2.45, 2.75) is 51.0 Å². The molecule has 3 aliphatic rings. The summed E-state index contributed by atoms with van der Waals surface area (Å²) < 4.78 is 0. The number of nitrogens with zero attached hydrogens (tertiary/aromatic N) is 2. The molecule has 2 fully saturated rings. The molecule has 1 N–H and O–H groups in total. The minimum absolute atomic E-state index is 0.174. The first-order valence-electron chi connectivity index (χ1n) is 8.55. The largest absolute Gasteiger partial charge is 0.480 e. The van der Waals surface area contributed by atoms with Crippen LogP contribution >= 0.6 is 0 Å². The Balaban J connectivity index is 1.65. The topological polar surface area (TPSA) is 60.9 Å². The third kappa shape index (κ3) is 2.78. The second-order valence-corrected chi connectivity index (χ2v) is 6.89. The van der Waals surface area contributed by atoms with Gasteiger partial charge in [-0.15, -0.1) is 0 Å². The van der Waals surface area contributed by atoms with Crippen LogP contribution in [0.1, 0.15) is 44.9 Å². The van der Waals surface area contributed by atoms with Gasteiger partial charge in [0.15, 0.2) is 5.41 Å². The van der Waals surface area contributed by atoms with Gasteiger partial charge in [-0.2, -0.15) is 0 Å². The van der Waals surface area contributed by atoms with E-state index in [1.54, 1.807) is 0 Å². The molecule has 122 valence electrons. The highest BCUT2D eigenvalue weighted by Crippen LogP contribution is 2.36. The Morgan fingerprint density at radius 1 is 0.955 bits per heavy atom. The molecule has 0 aromatic rings. The van der Waals surface area contributed by atoms with Gasteiger partial charge in [-0.05, 0) is 58.0 Å². The summed E-state index contributed by atoms with van der Waals surface area (Å²) in [5, 5.41) is 9.56. The predicted molar refractivity (Wildman–Crippen MR) is 83.5 cm³/mol. The van der Waals surface area contributed by atoms with Crippen LogP contribution in [0.15, 0.2) is 12.2 Å². The van der Waals surface area contributed by atoms with Crippen LogP contribution < -0.4 is 0 Å². The number of carboxylic acid groups (broad SMARTS) is 1. The maximum Gasteiger partial charge on any atom is 0.319 e. The van der Waals surface area contributed by atoms with Gasteiger partial charge in [0, 0.05) is 19.1 Å². The van der Waals surface area contributed by atoms with E-state index in [2.05, 4.69) is 4.90 Å². The van der Waals surface area contributed by atoms with E-state index in [0.29, 0.717) is 32.0 Å². The fraction of sp³-hybridized carbons (Fsp3) is 0.765. The zero-order valence-corrected chi connectivity index (χ0v) is 13.2. The number of likely N-dealkylation sites (tertiary alicyclic amines) is 2. The van der Waals surface area contributed by atoms with Gasteiger partial charge < -0.3 is 14.9 Å². The molecule has 0 aromatic carbocycles. The highest BCUT2D eigenvalue weighted by molar-refractivity contribution is 6.02. The van der Waals surface area contributed by atoms with Gasteiger partial charge in [0.05, 0.1) is 0 Å². The van der Waals surface area contributed by atoms with Crippen molar-refractivity contribution in [2.24, 2.45) is 5.41 Å². The molecule has 3 rings (SSSR count). The standard InChI is InChI=1S/C17H26N2O3/c20-15(17(16(21)22)8-1-2-9-17)19-12-5-6-14(7-13-19)18-10-3-4-11-18/h1-2,14H,3-13H2,(H,21,22). The number of hydrogen-bond acceptors (Lipinski definition) is 3. The van der Waals surface area contributed by atoms with Crippen molar-refractivity contribution in [2.75, 3.05) is 26.2 Å². The minimum atomic E-state index is -1.23. The van der Waals surface area contributed by atoms with Gasteiger partial charge in [-0.25, -0.2) is 0 Å². The molecule has 0 saturated carbocycles. The van der Waals surface area contributed by atoms with Gasteiger partial charge in [-0.3, -0.25) is 9.59 Å². The van der Waals surface area contributed by atoms with Crippen LogP contribution in [0.2, 0.25) is 0 Å². The zero-order valence-electron chi connectivity index (χ0n) is 13.2. The number of carboxylic acids is 1. The van der Waals surface area contributed by atoms with E-state index in [-0.39, 0.29) is 5.91 Å². The van der Waals surface area contributed by atoms with E-state index in [1.165, 1.54) is 25.9 Å². The highest BCUT2D eigenvalue weighted by atomic mass is 16.4. The average molecular weight is 306 g/mol. The van der Waals surface area contributed by atoms with E-state index >= 15 is 0 Å².